The van der Waals surface area contributed by atoms with Gasteiger partial charge < -0.3 is 24.5 Å². The monoisotopic (exact) mass is 182 g/mol. The smallest absolute Gasteiger partial charge is 0.548 e. The summed E-state index contributed by atoms with van der Waals surface area (Å²) in [6.45, 7) is -7.05. The molecule has 0 aromatic heterocycles. The Labute approximate surface area is 113 Å². The van der Waals surface area contributed by atoms with Gasteiger partial charge in [-0.3, -0.25) is 0 Å². The number of rotatable bonds is 4. The van der Waals surface area contributed by atoms with E-state index in [1.165, 1.54) is 0 Å². The van der Waals surface area contributed by atoms with E-state index in [2.05, 4.69) is 4.74 Å². The number of carboxylic acid groups (broad SMARTS) is 2. The Bertz CT molecular complexity index is 221. The number of carbonyl (C=O) groups excluding carboxylic acids is 2. The van der Waals surface area contributed by atoms with Crippen molar-refractivity contribution in [3.63, 3.8) is 0 Å². The Morgan fingerprint density at radius 2 is 1.45 bits per heavy atom. The first kappa shape index (κ1) is 8.50. The van der Waals surface area contributed by atoms with Gasteiger partial charge in [0, 0.05) is 0 Å². The molecule has 0 saturated carbocycles. The maximum absolute atomic E-state index is 9.93. The van der Waals surface area contributed by atoms with Crippen LogP contribution in [-0.4, -0.2) is 25.1 Å². The van der Waals surface area contributed by atoms with Crippen molar-refractivity contribution in [2.24, 2.45) is 0 Å². The minimum absolute atomic E-state index is 0. The van der Waals surface area contributed by atoms with Crippen LogP contribution in [0, 0.1) is 0 Å². The molecule has 0 aromatic carbocycles. The molecule has 0 N–H and O–H groups in total. The van der Waals surface area contributed by atoms with Gasteiger partial charge in [-0.15, -0.1) is 0 Å². The van der Waals surface area contributed by atoms with Gasteiger partial charge in [0.15, 0.2) is 0 Å². The fourth-order valence-corrected chi connectivity index (χ4v) is 0.109. The van der Waals surface area contributed by atoms with Crippen molar-refractivity contribution < 1.29 is 89.1 Å². The standard InChI is InChI=1S/C4H6O5.2Na/c5-3(6)1-9-2-4(7)8;;/h1-2H2,(H,5,6)(H,7,8);;/q;2*+1/p-2/i1D2,2D2;;. The van der Waals surface area contributed by atoms with Crippen LogP contribution in [0.25, 0.3) is 0 Å². The van der Waals surface area contributed by atoms with Gasteiger partial charge in [-0.05, 0) is 0 Å². The average Bonchev–Trinajstić information content (AvgIpc) is 1.83. The zero-order chi connectivity index (χ0) is 10.9. The molecule has 0 fully saturated rings. The number of aliphatic carboxylic acids is 2. The molecule has 0 aromatic rings. The van der Waals surface area contributed by atoms with E-state index in [1.54, 1.807) is 0 Å². The molecule has 0 atom stereocenters. The van der Waals surface area contributed by atoms with Gasteiger partial charge in [0.2, 0.25) is 0 Å². The van der Waals surface area contributed by atoms with E-state index >= 15 is 0 Å². The molecule has 11 heavy (non-hydrogen) atoms. The predicted molar refractivity (Wildman–Crippen MR) is 20.8 cm³/mol. The molecule has 0 radical (unpaired) electrons. The van der Waals surface area contributed by atoms with E-state index in [-0.39, 0.29) is 59.1 Å². The third-order valence-electron chi connectivity index (χ3n) is 0.269. The van der Waals surface area contributed by atoms with Crippen LogP contribution in [0.4, 0.5) is 0 Å². The van der Waals surface area contributed by atoms with Crippen LogP contribution in [-0.2, 0) is 14.3 Å². The van der Waals surface area contributed by atoms with Gasteiger partial charge >= 0.3 is 59.1 Å². The van der Waals surface area contributed by atoms with Crippen molar-refractivity contribution in [1.82, 2.24) is 0 Å². The fraction of sp³-hybridized carbons (Fsp3) is 0.500. The maximum Gasteiger partial charge on any atom is 1.00 e. The van der Waals surface area contributed by atoms with Crippen molar-refractivity contribution in [1.29, 1.82) is 0 Å². The van der Waals surface area contributed by atoms with Crippen molar-refractivity contribution >= 4 is 11.9 Å². The predicted octanol–water partition coefficient (Wildman–Crippen LogP) is -9.49. The molecule has 0 amide bonds. The molecule has 7 heteroatoms. The molecule has 0 aliphatic rings. The van der Waals surface area contributed by atoms with Crippen molar-refractivity contribution in [2.75, 3.05) is 13.1 Å². The van der Waals surface area contributed by atoms with Gasteiger partial charge in [0.1, 0.15) is 0 Å². The Balaban J connectivity index is -0.000000720. The minimum Gasteiger partial charge on any atom is -0.548 e. The topological polar surface area (TPSA) is 89.5 Å². The SMILES string of the molecule is [2H]C([2H])(OC([2H])([2H])C(=O)[O-])C(=O)[O-].[Na+].[Na+]. The summed E-state index contributed by atoms with van der Waals surface area (Å²) in [5.74, 6) is -4.75. The van der Waals surface area contributed by atoms with E-state index in [4.69, 9.17) is 5.48 Å². The van der Waals surface area contributed by atoms with Gasteiger partial charge in [-0.1, -0.05) is 0 Å². The number of hydrogen-bond acceptors (Lipinski definition) is 5. The second-order valence-electron chi connectivity index (χ2n) is 0.881. The molecule has 0 spiro atoms. The summed E-state index contributed by atoms with van der Waals surface area (Å²) < 4.78 is 29.4. The third-order valence-corrected chi connectivity index (χ3v) is 0.269. The van der Waals surface area contributed by atoms with E-state index in [0.717, 1.165) is 0 Å². The Kier molecular flexibility index (Phi) is 8.42. The van der Waals surface area contributed by atoms with Crippen molar-refractivity contribution in [3.05, 3.63) is 0 Å². The summed E-state index contributed by atoms with van der Waals surface area (Å²) in [4.78, 5) is 19.9. The van der Waals surface area contributed by atoms with Gasteiger partial charge in [-0.25, -0.2) is 0 Å². The number of hydrogen-bond donors (Lipinski definition) is 0. The first-order valence-corrected chi connectivity index (χ1v) is 1.72. The Hall–Kier alpha value is 0.900. The molecule has 0 unspecified atom stereocenters. The first-order chi connectivity index (χ1) is 5.59. The van der Waals surface area contributed by atoms with Gasteiger partial charge in [0.05, 0.1) is 30.5 Å². The van der Waals surface area contributed by atoms with E-state index in [0.29, 0.717) is 0 Å². The largest absolute Gasteiger partial charge is 1.00 e. The second kappa shape index (κ2) is 10.9. The normalized spacial score (nSPS) is 15.3. The number of carboxylic acids is 2. The molecular formula is C4H4Na2O5. The summed E-state index contributed by atoms with van der Waals surface area (Å²) in [7, 11) is 0. The summed E-state index contributed by atoms with van der Waals surface area (Å²) in [6.07, 6.45) is 0. The number of carbonyl (C=O) groups is 2. The fourth-order valence-electron chi connectivity index (χ4n) is 0.109. The van der Waals surface area contributed by atoms with Crippen LogP contribution in [0.5, 0.6) is 0 Å². The summed E-state index contributed by atoms with van der Waals surface area (Å²) >= 11 is 0. The summed E-state index contributed by atoms with van der Waals surface area (Å²) in [5.41, 5.74) is 0. The van der Waals surface area contributed by atoms with E-state index < -0.39 is 25.1 Å². The summed E-state index contributed by atoms with van der Waals surface area (Å²) in [5, 5.41) is 19.9. The summed E-state index contributed by atoms with van der Waals surface area (Å²) in [6, 6.07) is 0. The van der Waals surface area contributed by atoms with Gasteiger partial charge in [-0.2, -0.15) is 0 Å². The zero-order valence-corrected chi connectivity index (χ0v) is 10.0. The van der Waals surface area contributed by atoms with E-state index in [9.17, 15) is 19.8 Å². The molecule has 0 heterocycles. The average molecular weight is 182 g/mol. The van der Waals surface area contributed by atoms with Crippen LogP contribution in [0.15, 0.2) is 0 Å². The molecule has 52 valence electrons. The van der Waals surface area contributed by atoms with Crippen LogP contribution >= 0.6 is 0 Å². The number of ether oxygens (including phenoxy) is 1. The van der Waals surface area contributed by atoms with E-state index in [1.807, 2.05) is 0 Å². The first-order valence-electron chi connectivity index (χ1n) is 3.72. The Morgan fingerprint density at radius 3 is 1.64 bits per heavy atom. The minimum atomic E-state index is -3.52. The zero-order valence-electron chi connectivity index (χ0n) is 10.0. The molecule has 0 aliphatic heterocycles. The second-order valence-corrected chi connectivity index (χ2v) is 0.881. The molecule has 0 rings (SSSR count). The molecule has 0 bridgehead atoms. The van der Waals surface area contributed by atoms with Crippen LogP contribution in [0.3, 0.4) is 0 Å². The molecular weight excluding hydrogens is 174 g/mol. The van der Waals surface area contributed by atoms with Crippen molar-refractivity contribution in [2.45, 2.75) is 0 Å². The van der Waals surface area contributed by atoms with Crippen LogP contribution < -0.4 is 69.3 Å². The molecule has 0 saturated heterocycles. The van der Waals surface area contributed by atoms with Crippen molar-refractivity contribution in [3.8, 4) is 0 Å². The molecule has 0 aliphatic carbocycles. The van der Waals surface area contributed by atoms with Crippen LogP contribution in [0.2, 0.25) is 0 Å². The quantitative estimate of drug-likeness (QED) is 0.403. The maximum atomic E-state index is 9.93. The van der Waals surface area contributed by atoms with Gasteiger partial charge in [0.25, 0.3) is 0 Å². The molecule has 5 nitrogen and oxygen atoms in total. The van der Waals surface area contributed by atoms with Crippen LogP contribution in [0.1, 0.15) is 5.48 Å². The Morgan fingerprint density at radius 1 is 1.18 bits per heavy atom. The third kappa shape index (κ3) is 18.1.